The molecule has 5 nitrogen and oxygen atoms in total. The Bertz CT molecular complexity index is 316. The van der Waals surface area contributed by atoms with Gasteiger partial charge < -0.3 is 15.2 Å². The maximum Gasteiger partial charge on any atom is 0.224 e. The zero-order chi connectivity index (χ0) is 11.8. The van der Waals surface area contributed by atoms with Gasteiger partial charge in [0.1, 0.15) is 0 Å². The molecule has 1 amide bonds. The van der Waals surface area contributed by atoms with Gasteiger partial charge >= 0.3 is 0 Å². The molecule has 0 aliphatic carbocycles. The Kier molecular flexibility index (Phi) is 5.45. The molecule has 0 saturated heterocycles. The average Bonchev–Trinajstić information content (AvgIpc) is 2.29. The van der Waals surface area contributed by atoms with Crippen LogP contribution in [0.1, 0.15) is 5.56 Å². The van der Waals surface area contributed by atoms with Gasteiger partial charge in [-0.2, -0.15) is 0 Å². The Hall–Kier alpha value is -1.46. The van der Waals surface area contributed by atoms with Gasteiger partial charge in [-0.05, 0) is 17.7 Å². The summed E-state index contributed by atoms with van der Waals surface area (Å²) in [5.74, 6) is -0.137. The molecule has 5 heteroatoms. The second-order valence-corrected chi connectivity index (χ2v) is 3.43. The van der Waals surface area contributed by atoms with E-state index in [1.807, 2.05) is 0 Å². The van der Waals surface area contributed by atoms with Crippen LogP contribution in [0.2, 0.25) is 0 Å². The van der Waals surface area contributed by atoms with E-state index >= 15 is 0 Å². The maximum atomic E-state index is 11.6. The molecule has 0 fully saturated rings. The van der Waals surface area contributed by atoms with Crippen LogP contribution in [0.3, 0.4) is 0 Å². The van der Waals surface area contributed by atoms with Crippen LogP contribution < -0.4 is 5.32 Å². The van der Waals surface area contributed by atoms with E-state index in [1.165, 1.54) is 7.11 Å². The number of pyridine rings is 1. The van der Waals surface area contributed by atoms with Crippen LogP contribution in [-0.4, -0.2) is 42.4 Å². The van der Waals surface area contributed by atoms with Crippen molar-refractivity contribution >= 4 is 5.91 Å². The molecule has 1 unspecified atom stereocenters. The monoisotopic (exact) mass is 224 g/mol. The minimum atomic E-state index is -0.348. The number of rotatable bonds is 6. The standard InChI is InChI=1S/C11H16N2O3/c1-16-8-10(7-14)13-11(15)6-9-2-4-12-5-3-9/h2-5,10,14H,6-8H2,1H3,(H,13,15). The molecule has 0 aromatic carbocycles. The summed E-state index contributed by atoms with van der Waals surface area (Å²) in [4.78, 5) is 15.4. The lowest BCUT2D eigenvalue weighted by molar-refractivity contribution is -0.121. The molecule has 0 aliphatic heterocycles. The van der Waals surface area contributed by atoms with Crippen LogP contribution in [0.4, 0.5) is 0 Å². The van der Waals surface area contributed by atoms with Crippen LogP contribution in [0.25, 0.3) is 0 Å². The second-order valence-electron chi connectivity index (χ2n) is 3.43. The second kappa shape index (κ2) is 6.92. The molecule has 88 valence electrons. The molecule has 16 heavy (non-hydrogen) atoms. The zero-order valence-corrected chi connectivity index (χ0v) is 9.22. The highest BCUT2D eigenvalue weighted by molar-refractivity contribution is 5.78. The summed E-state index contributed by atoms with van der Waals surface area (Å²) in [6.07, 6.45) is 3.56. The molecule has 0 spiro atoms. The molecule has 1 aromatic heterocycles. The quantitative estimate of drug-likeness (QED) is 0.699. The summed E-state index contributed by atoms with van der Waals surface area (Å²) in [5, 5.41) is 11.6. The van der Waals surface area contributed by atoms with E-state index in [2.05, 4.69) is 10.3 Å². The van der Waals surface area contributed by atoms with Gasteiger partial charge in [-0.1, -0.05) is 0 Å². The first-order valence-electron chi connectivity index (χ1n) is 5.04. The fourth-order valence-electron chi connectivity index (χ4n) is 1.31. The number of nitrogens with zero attached hydrogens (tertiary/aromatic N) is 1. The van der Waals surface area contributed by atoms with Crippen molar-refractivity contribution in [2.45, 2.75) is 12.5 Å². The topological polar surface area (TPSA) is 71.5 Å². The summed E-state index contributed by atoms with van der Waals surface area (Å²) >= 11 is 0. The number of aliphatic hydroxyl groups is 1. The predicted molar refractivity (Wildman–Crippen MR) is 58.8 cm³/mol. The fourth-order valence-corrected chi connectivity index (χ4v) is 1.31. The van der Waals surface area contributed by atoms with Crippen molar-refractivity contribution in [3.63, 3.8) is 0 Å². The first-order chi connectivity index (χ1) is 7.76. The SMILES string of the molecule is COCC(CO)NC(=O)Cc1ccncc1. The van der Waals surface area contributed by atoms with E-state index in [0.29, 0.717) is 6.61 Å². The number of carbonyl (C=O) groups excluding carboxylic acids is 1. The molecule has 1 heterocycles. The molecular weight excluding hydrogens is 208 g/mol. The Morgan fingerprint density at radius 2 is 2.25 bits per heavy atom. The van der Waals surface area contributed by atoms with Crippen LogP contribution >= 0.6 is 0 Å². The van der Waals surface area contributed by atoms with Gasteiger partial charge in [0, 0.05) is 19.5 Å². The fraction of sp³-hybridized carbons (Fsp3) is 0.455. The number of hydrogen-bond acceptors (Lipinski definition) is 4. The van der Waals surface area contributed by atoms with E-state index < -0.39 is 0 Å². The molecule has 2 N–H and O–H groups in total. The van der Waals surface area contributed by atoms with E-state index in [0.717, 1.165) is 5.56 Å². The highest BCUT2D eigenvalue weighted by Crippen LogP contribution is 1.97. The number of ether oxygens (including phenoxy) is 1. The van der Waals surface area contributed by atoms with E-state index in [1.54, 1.807) is 24.5 Å². The van der Waals surface area contributed by atoms with Gasteiger partial charge in [0.15, 0.2) is 0 Å². The van der Waals surface area contributed by atoms with Crippen molar-refractivity contribution in [1.29, 1.82) is 0 Å². The van der Waals surface area contributed by atoms with Crippen molar-refractivity contribution in [2.75, 3.05) is 20.3 Å². The van der Waals surface area contributed by atoms with Gasteiger partial charge in [0.25, 0.3) is 0 Å². The molecule has 1 aromatic rings. The van der Waals surface area contributed by atoms with Crippen molar-refractivity contribution in [2.24, 2.45) is 0 Å². The number of methoxy groups -OCH3 is 1. The molecule has 0 saturated carbocycles. The van der Waals surface area contributed by atoms with E-state index in [9.17, 15) is 4.79 Å². The summed E-state index contributed by atoms with van der Waals surface area (Å²) in [7, 11) is 1.53. The maximum absolute atomic E-state index is 11.6. The molecule has 1 rings (SSSR count). The van der Waals surface area contributed by atoms with Crippen LogP contribution in [0.15, 0.2) is 24.5 Å². The van der Waals surface area contributed by atoms with Gasteiger partial charge in [0.05, 0.1) is 25.7 Å². The molecule has 0 radical (unpaired) electrons. The molecule has 1 atom stereocenters. The first kappa shape index (κ1) is 12.6. The third kappa shape index (κ3) is 4.37. The van der Waals surface area contributed by atoms with Gasteiger partial charge in [-0.15, -0.1) is 0 Å². The lowest BCUT2D eigenvalue weighted by Crippen LogP contribution is -2.41. The third-order valence-electron chi connectivity index (χ3n) is 2.07. The summed E-state index contributed by atoms with van der Waals surface area (Å²) in [6.45, 7) is 0.175. The van der Waals surface area contributed by atoms with Crippen molar-refractivity contribution in [1.82, 2.24) is 10.3 Å². The normalized spacial score (nSPS) is 12.1. The molecule has 0 aliphatic rings. The first-order valence-corrected chi connectivity index (χ1v) is 5.04. The largest absolute Gasteiger partial charge is 0.394 e. The number of aliphatic hydroxyl groups excluding tert-OH is 1. The number of aromatic nitrogens is 1. The van der Waals surface area contributed by atoms with Gasteiger partial charge in [0.2, 0.25) is 5.91 Å². The smallest absolute Gasteiger partial charge is 0.224 e. The van der Waals surface area contributed by atoms with Crippen molar-refractivity contribution in [3.8, 4) is 0 Å². The van der Waals surface area contributed by atoms with Crippen molar-refractivity contribution < 1.29 is 14.6 Å². The minimum absolute atomic E-state index is 0.129. The highest BCUT2D eigenvalue weighted by Gasteiger charge is 2.11. The lowest BCUT2D eigenvalue weighted by atomic mass is 10.2. The van der Waals surface area contributed by atoms with Crippen LogP contribution in [0.5, 0.6) is 0 Å². The number of amides is 1. The zero-order valence-electron chi connectivity index (χ0n) is 9.22. The summed E-state index contributed by atoms with van der Waals surface area (Å²) in [6, 6.07) is 3.22. The van der Waals surface area contributed by atoms with E-state index in [4.69, 9.17) is 9.84 Å². The third-order valence-corrected chi connectivity index (χ3v) is 2.07. The average molecular weight is 224 g/mol. The van der Waals surface area contributed by atoms with Crippen LogP contribution in [0, 0.1) is 0 Å². The number of hydrogen-bond donors (Lipinski definition) is 2. The van der Waals surface area contributed by atoms with Gasteiger partial charge in [-0.25, -0.2) is 0 Å². The van der Waals surface area contributed by atoms with E-state index in [-0.39, 0.29) is 25.0 Å². The van der Waals surface area contributed by atoms with Crippen LogP contribution in [-0.2, 0) is 16.0 Å². The molecule has 0 bridgehead atoms. The van der Waals surface area contributed by atoms with Crippen molar-refractivity contribution in [3.05, 3.63) is 30.1 Å². The Labute approximate surface area is 94.5 Å². The number of carbonyl (C=O) groups is 1. The predicted octanol–water partition coefficient (Wildman–Crippen LogP) is -0.252. The Balaban J connectivity index is 2.41. The minimum Gasteiger partial charge on any atom is -0.394 e. The Morgan fingerprint density at radius 3 is 2.81 bits per heavy atom. The summed E-state index contributed by atoms with van der Waals surface area (Å²) < 4.78 is 4.86. The number of nitrogens with one attached hydrogen (secondary N) is 1. The Morgan fingerprint density at radius 1 is 1.56 bits per heavy atom. The lowest BCUT2D eigenvalue weighted by Gasteiger charge is -2.14. The molecular formula is C11H16N2O3. The summed E-state index contributed by atoms with van der Waals surface area (Å²) in [5.41, 5.74) is 0.890. The highest BCUT2D eigenvalue weighted by atomic mass is 16.5. The van der Waals surface area contributed by atoms with Gasteiger partial charge in [-0.3, -0.25) is 9.78 Å².